The first kappa shape index (κ1) is 23.5. The van der Waals surface area contributed by atoms with E-state index in [-0.39, 0.29) is 29.3 Å². The molecule has 0 saturated heterocycles. The highest BCUT2D eigenvalue weighted by Gasteiger charge is 2.22. The number of hydrogen-bond donors (Lipinski definition) is 2. The van der Waals surface area contributed by atoms with E-state index in [0.29, 0.717) is 30.3 Å². The lowest BCUT2D eigenvalue weighted by molar-refractivity contribution is 0.0935. The van der Waals surface area contributed by atoms with Gasteiger partial charge in [0.1, 0.15) is 10.7 Å². The fourth-order valence-corrected chi connectivity index (χ4v) is 4.62. The summed E-state index contributed by atoms with van der Waals surface area (Å²) >= 11 is 1.34. The Hall–Kier alpha value is -1.52. The van der Waals surface area contributed by atoms with Gasteiger partial charge in [-0.3, -0.25) is 4.79 Å². The van der Waals surface area contributed by atoms with Crippen LogP contribution in [0.5, 0.6) is 0 Å². The largest absolute Gasteiger partial charge is 0.344 e. The average molecular weight is 433 g/mol. The number of aromatic nitrogens is 1. The Morgan fingerprint density at radius 3 is 2.33 bits per heavy atom. The molecule has 1 amide bonds. The number of thiazole rings is 1. The highest BCUT2D eigenvalue weighted by atomic mass is 35.5. The molecule has 150 valence electrons. The third-order valence-electron chi connectivity index (χ3n) is 4.03. The van der Waals surface area contributed by atoms with Crippen molar-refractivity contribution in [2.24, 2.45) is 5.73 Å². The van der Waals surface area contributed by atoms with Crippen molar-refractivity contribution in [1.29, 1.82) is 0 Å². The van der Waals surface area contributed by atoms with Gasteiger partial charge in [-0.1, -0.05) is 26.0 Å². The van der Waals surface area contributed by atoms with E-state index in [1.165, 1.54) is 15.6 Å². The zero-order valence-electron chi connectivity index (χ0n) is 15.5. The lowest BCUT2D eigenvalue weighted by Gasteiger charge is -2.19. The summed E-state index contributed by atoms with van der Waals surface area (Å²) in [5.41, 5.74) is 6.66. The number of halogens is 1. The van der Waals surface area contributed by atoms with E-state index in [2.05, 4.69) is 10.3 Å². The number of nitrogens with one attached hydrogen (secondary N) is 1. The minimum atomic E-state index is -3.48. The molecule has 3 N–H and O–H groups in total. The molecule has 7 nitrogen and oxygen atoms in total. The molecule has 0 aliphatic heterocycles. The van der Waals surface area contributed by atoms with Crippen LogP contribution in [0.3, 0.4) is 0 Å². The van der Waals surface area contributed by atoms with Gasteiger partial charge in [-0.2, -0.15) is 4.31 Å². The predicted molar refractivity (Wildman–Crippen MR) is 110 cm³/mol. The van der Waals surface area contributed by atoms with Crippen LogP contribution in [0.25, 0.3) is 0 Å². The Balaban J connectivity index is 0.00000364. The van der Waals surface area contributed by atoms with Gasteiger partial charge in [0, 0.05) is 25.0 Å². The van der Waals surface area contributed by atoms with Crippen molar-refractivity contribution in [2.45, 2.75) is 38.3 Å². The van der Waals surface area contributed by atoms with Crippen molar-refractivity contribution in [3.05, 3.63) is 45.9 Å². The zero-order chi connectivity index (χ0) is 19.3. The van der Waals surface area contributed by atoms with Gasteiger partial charge in [-0.05, 0) is 24.6 Å². The predicted octanol–water partition coefficient (Wildman–Crippen LogP) is 2.55. The number of rotatable bonds is 8. The molecule has 0 radical (unpaired) electrons. The van der Waals surface area contributed by atoms with Gasteiger partial charge >= 0.3 is 0 Å². The topological polar surface area (TPSA) is 105 Å². The molecule has 0 aliphatic carbocycles. The third-order valence-corrected chi connectivity index (χ3v) is 6.97. The molecule has 1 unspecified atom stereocenters. The summed E-state index contributed by atoms with van der Waals surface area (Å²) < 4.78 is 26.4. The molecule has 0 saturated carbocycles. The summed E-state index contributed by atoms with van der Waals surface area (Å²) in [6.07, 6.45) is 0. The quantitative estimate of drug-likeness (QED) is 0.666. The van der Waals surface area contributed by atoms with Crippen LogP contribution in [0.1, 0.15) is 47.9 Å². The molecule has 2 aromatic rings. The van der Waals surface area contributed by atoms with E-state index >= 15 is 0 Å². The van der Waals surface area contributed by atoms with Gasteiger partial charge in [-0.25, -0.2) is 13.4 Å². The maximum atomic E-state index is 12.5. The number of hydrogen-bond acceptors (Lipinski definition) is 6. The molecule has 27 heavy (non-hydrogen) atoms. The van der Waals surface area contributed by atoms with Gasteiger partial charge in [0.15, 0.2) is 0 Å². The molecular weight excluding hydrogens is 408 g/mol. The number of amides is 1. The van der Waals surface area contributed by atoms with Gasteiger partial charge in [0.25, 0.3) is 5.91 Å². The highest BCUT2D eigenvalue weighted by molar-refractivity contribution is 7.89. The molecule has 0 fully saturated rings. The second-order valence-electron chi connectivity index (χ2n) is 5.68. The van der Waals surface area contributed by atoms with Crippen molar-refractivity contribution >= 4 is 39.7 Å². The standard InChI is InChI=1S/C17H24N4O3S2.ClH/c1-4-21(5-2)26(23,24)14-8-6-13(7-9-14)12(3)19-17(22)15-11-25-16(10-18)20-15;/h6-9,11-12H,4-5,10,18H2,1-3H3,(H,19,22);1H. The van der Waals surface area contributed by atoms with Crippen LogP contribution in [0.2, 0.25) is 0 Å². The molecule has 10 heteroatoms. The fraction of sp³-hybridized carbons (Fsp3) is 0.412. The lowest BCUT2D eigenvalue weighted by atomic mass is 10.1. The second kappa shape index (κ2) is 10.1. The number of sulfonamides is 1. The number of nitrogens with two attached hydrogens (primary N) is 1. The van der Waals surface area contributed by atoms with Gasteiger partial charge < -0.3 is 11.1 Å². The first-order chi connectivity index (χ1) is 12.3. The monoisotopic (exact) mass is 432 g/mol. The van der Waals surface area contributed by atoms with Crippen LogP contribution in [0.15, 0.2) is 34.5 Å². The fourth-order valence-electron chi connectivity index (χ4n) is 2.50. The van der Waals surface area contributed by atoms with Gasteiger partial charge in [0.2, 0.25) is 10.0 Å². The summed E-state index contributed by atoms with van der Waals surface area (Å²) in [6, 6.07) is 6.29. The van der Waals surface area contributed by atoms with Crippen LogP contribution in [0, 0.1) is 0 Å². The Bertz CT molecular complexity index is 849. The molecule has 1 aromatic carbocycles. The summed E-state index contributed by atoms with van der Waals surface area (Å²) in [6.45, 7) is 6.60. The van der Waals surface area contributed by atoms with Crippen LogP contribution < -0.4 is 11.1 Å². The van der Waals surface area contributed by atoms with Crippen molar-refractivity contribution in [3.8, 4) is 0 Å². The smallest absolute Gasteiger partial charge is 0.271 e. The number of nitrogens with zero attached hydrogens (tertiary/aromatic N) is 2. The molecule has 1 aromatic heterocycles. The molecule has 0 bridgehead atoms. The average Bonchev–Trinajstić information content (AvgIpc) is 3.12. The Morgan fingerprint density at radius 1 is 1.26 bits per heavy atom. The molecular formula is C17H25ClN4O3S2. The molecule has 1 atom stereocenters. The van der Waals surface area contributed by atoms with Crippen LogP contribution in [0.4, 0.5) is 0 Å². The summed E-state index contributed by atoms with van der Waals surface area (Å²) in [4.78, 5) is 16.6. The van der Waals surface area contributed by atoms with E-state index < -0.39 is 10.0 Å². The van der Waals surface area contributed by atoms with Crippen LogP contribution in [-0.4, -0.2) is 36.7 Å². The third kappa shape index (κ3) is 5.49. The summed E-state index contributed by atoms with van der Waals surface area (Å²) in [5, 5.41) is 5.23. The normalized spacial score (nSPS) is 12.5. The van der Waals surface area contributed by atoms with Crippen LogP contribution >= 0.6 is 23.7 Å². The van der Waals surface area contributed by atoms with E-state index in [1.54, 1.807) is 29.6 Å². The molecule has 1 heterocycles. The minimum absolute atomic E-state index is 0. The van der Waals surface area contributed by atoms with Gasteiger partial charge in [0.05, 0.1) is 10.9 Å². The number of carbonyl (C=O) groups is 1. The first-order valence-corrected chi connectivity index (χ1v) is 10.7. The first-order valence-electron chi connectivity index (χ1n) is 8.38. The highest BCUT2D eigenvalue weighted by Crippen LogP contribution is 2.20. The second-order valence-corrected chi connectivity index (χ2v) is 8.56. The van der Waals surface area contributed by atoms with Crippen molar-refractivity contribution in [1.82, 2.24) is 14.6 Å². The molecule has 0 aliphatic rings. The number of carbonyl (C=O) groups excluding carboxylic acids is 1. The maximum absolute atomic E-state index is 12.5. The van der Waals surface area contributed by atoms with Crippen molar-refractivity contribution in [3.63, 3.8) is 0 Å². The Morgan fingerprint density at radius 2 is 1.85 bits per heavy atom. The van der Waals surface area contributed by atoms with Crippen molar-refractivity contribution < 1.29 is 13.2 Å². The Kier molecular flexibility index (Phi) is 8.83. The van der Waals surface area contributed by atoms with E-state index in [9.17, 15) is 13.2 Å². The molecule has 0 spiro atoms. The SMILES string of the molecule is CCN(CC)S(=O)(=O)c1ccc(C(C)NC(=O)c2csc(CN)n2)cc1.Cl. The number of benzene rings is 1. The summed E-state index contributed by atoms with van der Waals surface area (Å²) in [5.74, 6) is -0.284. The van der Waals surface area contributed by atoms with E-state index in [4.69, 9.17) is 5.73 Å². The van der Waals surface area contributed by atoms with Gasteiger partial charge in [-0.15, -0.1) is 23.7 Å². The zero-order valence-corrected chi connectivity index (χ0v) is 18.0. The van der Waals surface area contributed by atoms with E-state index in [1.807, 2.05) is 20.8 Å². The maximum Gasteiger partial charge on any atom is 0.271 e. The van der Waals surface area contributed by atoms with Crippen LogP contribution in [-0.2, 0) is 16.6 Å². The minimum Gasteiger partial charge on any atom is -0.344 e. The lowest BCUT2D eigenvalue weighted by Crippen LogP contribution is -2.30. The Labute approximate surface area is 170 Å². The summed E-state index contributed by atoms with van der Waals surface area (Å²) in [7, 11) is -3.48. The van der Waals surface area contributed by atoms with E-state index in [0.717, 1.165) is 5.56 Å². The van der Waals surface area contributed by atoms with Crippen molar-refractivity contribution in [2.75, 3.05) is 13.1 Å². The molecule has 2 rings (SSSR count).